The topological polar surface area (TPSA) is 99.6 Å². The van der Waals surface area contributed by atoms with Crippen molar-refractivity contribution in [1.29, 1.82) is 0 Å². The Bertz CT molecular complexity index is 1010. The van der Waals surface area contributed by atoms with Crippen molar-refractivity contribution in [1.82, 2.24) is 9.97 Å². The third-order valence-corrected chi connectivity index (χ3v) is 5.48. The summed E-state index contributed by atoms with van der Waals surface area (Å²) in [4.78, 5) is 22.1. The van der Waals surface area contributed by atoms with Crippen LogP contribution in [0.2, 0.25) is 5.02 Å². The highest BCUT2D eigenvalue weighted by Gasteiger charge is 2.15. The number of hydrogen-bond donors (Lipinski definition) is 3. The number of benzene rings is 1. The number of carboxylic acids is 1. The SMILES string of the molecule is O=C(O)c1ccsc1Nc1nc(Nc2ccc(N3CCOCC3)cc2)ncc1Cl. The van der Waals surface area contributed by atoms with E-state index in [2.05, 4.69) is 25.5 Å². The molecular formula is C19H18ClN5O3S. The molecule has 8 nitrogen and oxygen atoms in total. The number of aromatic nitrogens is 2. The third-order valence-electron chi connectivity index (χ3n) is 4.37. The first-order valence-corrected chi connectivity index (χ1v) is 10.2. The lowest BCUT2D eigenvalue weighted by Gasteiger charge is -2.28. The Morgan fingerprint density at radius 3 is 2.66 bits per heavy atom. The molecule has 3 heterocycles. The van der Waals surface area contributed by atoms with Crippen molar-refractivity contribution in [3.8, 4) is 0 Å². The minimum absolute atomic E-state index is 0.165. The van der Waals surface area contributed by atoms with Gasteiger partial charge in [0, 0.05) is 24.5 Å². The molecule has 3 aromatic rings. The van der Waals surface area contributed by atoms with E-state index in [1.807, 2.05) is 24.3 Å². The van der Waals surface area contributed by atoms with Gasteiger partial charge in [0.15, 0.2) is 5.82 Å². The molecule has 1 saturated heterocycles. The second-order valence-electron chi connectivity index (χ2n) is 6.26. The van der Waals surface area contributed by atoms with E-state index in [9.17, 15) is 9.90 Å². The molecule has 0 radical (unpaired) electrons. The molecule has 0 unspecified atom stereocenters. The second-order valence-corrected chi connectivity index (χ2v) is 7.58. The molecule has 2 aromatic heterocycles. The normalized spacial score (nSPS) is 13.9. The van der Waals surface area contributed by atoms with Crippen LogP contribution in [0, 0.1) is 0 Å². The Kier molecular flexibility index (Phi) is 5.79. The highest BCUT2D eigenvalue weighted by molar-refractivity contribution is 7.14. The first-order chi connectivity index (χ1) is 14.1. The number of carboxylic acid groups (broad SMARTS) is 1. The molecule has 0 saturated carbocycles. The lowest BCUT2D eigenvalue weighted by molar-refractivity contribution is 0.0698. The molecule has 1 fully saturated rings. The standard InChI is InChI=1S/C19H18ClN5O3S/c20-15-11-21-19(24-16(15)23-17-14(18(26)27)5-10-29-17)22-12-1-3-13(4-2-12)25-6-8-28-9-7-25/h1-5,10-11H,6-9H2,(H,26,27)(H2,21,22,23,24). The summed E-state index contributed by atoms with van der Waals surface area (Å²) in [6.07, 6.45) is 1.47. The Morgan fingerprint density at radius 1 is 1.17 bits per heavy atom. The molecule has 29 heavy (non-hydrogen) atoms. The molecule has 1 aromatic carbocycles. The number of carbonyl (C=O) groups is 1. The zero-order valence-corrected chi connectivity index (χ0v) is 16.8. The molecule has 0 amide bonds. The maximum Gasteiger partial charge on any atom is 0.338 e. The van der Waals surface area contributed by atoms with E-state index in [1.54, 1.807) is 5.38 Å². The van der Waals surface area contributed by atoms with Gasteiger partial charge in [-0.25, -0.2) is 9.78 Å². The first kappa shape index (κ1) is 19.4. The average Bonchev–Trinajstić information content (AvgIpc) is 3.20. The van der Waals surface area contributed by atoms with Gasteiger partial charge < -0.3 is 25.4 Å². The monoisotopic (exact) mass is 431 g/mol. The molecular weight excluding hydrogens is 414 g/mol. The minimum Gasteiger partial charge on any atom is -0.478 e. The number of morpholine rings is 1. The lowest BCUT2D eigenvalue weighted by Crippen LogP contribution is -2.36. The van der Waals surface area contributed by atoms with Gasteiger partial charge in [-0.3, -0.25) is 0 Å². The quantitative estimate of drug-likeness (QED) is 0.533. The van der Waals surface area contributed by atoms with Crippen molar-refractivity contribution < 1.29 is 14.6 Å². The molecule has 1 aliphatic heterocycles. The summed E-state index contributed by atoms with van der Waals surface area (Å²) in [5.74, 6) is -0.332. The predicted molar refractivity (Wildman–Crippen MR) is 114 cm³/mol. The predicted octanol–water partition coefficient (Wildman–Crippen LogP) is 4.21. The number of anilines is 5. The molecule has 150 valence electrons. The van der Waals surface area contributed by atoms with Crippen LogP contribution < -0.4 is 15.5 Å². The summed E-state index contributed by atoms with van der Waals surface area (Å²) < 4.78 is 5.38. The van der Waals surface area contributed by atoms with Crippen molar-refractivity contribution in [2.24, 2.45) is 0 Å². The number of hydrogen-bond acceptors (Lipinski definition) is 8. The van der Waals surface area contributed by atoms with E-state index < -0.39 is 5.97 Å². The number of aromatic carboxylic acids is 1. The maximum atomic E-state index is 11.3. The second kappa shape index (κ2) is 8.64. The van der Waals surface area contributed by atoms with Crippen LogP contribution in [-0.2, 0) is 4.74 Å². The van der Waals surface area contributed by atoms with Crippen LogP contribution in [0.1, 0.15) is 10.4 Å². The van der Waals surface area contributed by atoms with Gasteiger partial charge in [-0.2, -0.15) is 4.98 Å². The van der Waals surface area contributed by atoms with E-state index in [1.165, 1.54) is 23.6 Å². The van der Waals surface area contributed by atoms with Crippen LogP contribution in [0.4, 0.5) is 28.1 Å². The summed E-state index contributed by atoms with van der Waals surface area (Å²) in [5, 5.41) is 17.8. The number of rotatable bonds is 6. The summed E-state index contributed by atoms with van der Waals surface area (Å²) >= 11 is 7.44. The summed E-state index contributed by atoms with van der Waals surface area (Å²) in [5.41, 5.74) is 2.13. The van der Waals surface area contributed by atoms with Crippen molar-refractivity contribution in [3.63, 3.8) is 0 Å². The van der Waals surface area contributed by atoms with Gasteiger partial charge in [-0.05, 0) is 35.7 Å². The van der Waals surface area contributed by atoms with Gasteiger partial charge >= 0.3 is 5.97 Å². The number of ether oxygens (including phenoxy) is 1. The van der Waals surface area contributed by atoms with E-state index in [0.717, 1.165) is 37.7 Å². The number of halogens is 1. The lowest BCUT2D eigenvalue weighted by atomic mass is 10.2. The Balaban J connectivity index is 1.48. The zero-order chi connectivity index (χ0) is 20.2. The van der Waals surface area contributed by atoms with Crippen LogP contribution in [0.15, 0.2) is 41.9 Å². The molecule has 0 aliphatic carbocycles. The van der Waals surface area contributed by atoms with Crippen molar-refractivity contribution in [2.75, 3.05) is 41.8 Å². The molecule has 0 bridgehead atoms. The van der Waals surface area contributed by atoms with E-state index in [0.29, 0.717) is 21.8 Å². The van der Waals surface area contributed by atoms with E-state index >= 15 is 0 Å². The fraction of sp³-hybridized carbons (Fsp3) is 0.211. The van der Waals surface area contributed by atoms with Crippen LogP contribution in [0.25, 0.3) is 0 Å². The van der Waals surface area contributed by atoms with Crippen LogP contribution >= 0.6 is 22.9 Å². The highest BCUT2D eigenvalue weighted by atomic mass is 35.5. The Morgan fingerprint density at radius 2 is 1.93 bits per heavy atom. The highest BCUT2D eigenvalue weighted by Crippen LogP contribution is 2.30. The van der Waals surface area contributed by atoms with Crippen molar-refractivity contribution >= 4 is 57.0 Å². The summed E-state index contributed by atoms with van der Waals surface area (Å²) in [6.45, 7) is 3.23. The maximum absolute atomic E-state index is 11.3. The summed E-state index contributed by atoms with van der Waals surface area (Å²) in [6, 6.07) is 9.51. The molecule has 0 atom stereocenters. The van der Waals surface area contributed by atoms with E-state index in [-0.39, 0.29) is 5.56 Å². The van der Waals surface area contributed by atoms with Crippen LogP contribution in [0.3, 0.4) is 0 Å². The number of thiophene rings is 1. The smallest absolute Gasteiger partial charge is 0.338 e. The molecule has 3 N–H and O–H groups in total. The van der Waals surface area contributed by atoms with Crippen LogP contribution in [0.5, 0.6) is 0 Å². The van der Waals surface area contributed by atoms with Crippen LogP contribution in [-0.4, -0.2) is 47.3 Å². The van der Waals surface area contributed by atoms with E-state index in [4.69, 9.17) is 16.3 Å². The Labute approximate surface area is 176 Å². The fourth-order valence-corrected chi connectivity index (χ4v) is 3.82. The van der Waals surface area contributed by atoms with Crippen molar-refractivity contribution in [3.05, 3.63) is 52.5 Å². The first-order valence-electron chi connectivity index (χ1n) is 8.90. The molecule has 0 spiro atoms. The number of nitrogens with zero attached hydrogens (tertiary/aromatic N) is 3. The van der Waals surface area contributed by atoms with Gasteiger partial charge in [-0.1, -0.05) is 11.6 Å². The minimum atomic E-state index is -1.02. The molecule has 1 aliphatic rings. The van der Waals surface area contributed by atoms with Gasteiger partial charge in [0.25, 0.3) is 0 Å². The zero-order valence-electron chi connectivity index (χ0n) is 15.3. The largest absolute Gasteiger partial charge is 0.478 e. The molecule has 10 heteroatoms. The third kappa shape index (κ3) is 4.58. The Hall–Kier alpha value is -2.88. The average molecular weight is 432 g/mol. The summed E-state index contributed by atoms with van der Waals surface area (Å²) in [7, 11) is 0. The molecule has 4 rings (SSSR count). The van der Waals surface area contributed by atoms with Crippen molar-refractivity contribution in [2.45, 2.75) is 0 Å². The van der Waals surface area contributed by atoms with Gasteiger partial charge in [0.05, 0.1) is 25.0 Å². The number of nitrogens with one attached hydrogen (secondary N) is 2. The van der Waals surface area contributed by atoms with Gasteiger partial charge in [-0.15, -0.1) is 11.3 Å². The van der Waals surface area contributed by atoms with Gasteiger partial charge in [0.2, 0.25) is 5.95 Å². The fourth-order valence-electron chi connectivity index (χ4n) is 2.90. The van der Waals surface area contributed by atoms with Gasteiger partial charge in [0.1, 0.15) is 10.0 Å².